The Morgan fingerprint density at radius 1 is 0.867 bits per heavy atom. The average molecular weight is 407 g/mol. The van der Waals surface area contributed by atoms with Crippen molar-refractivity contribution in [2.75, 3.05) is 0 Å². The quantitative estimate of drug-likeness (QED) is 0.470. The molecule has 0 bridgehead atoms. The molecule has 1 N–H and O–H groups in total. The molecule has 2 unspecified atom stereocenters. The maximum Gasteiger partial charge on any atom is 0.260 e. The highest BCUT2D eigenvalue weighted by Crippen LogP contribution is 2.41. The first-order valence-electron chi connectivity index (χ1n) is 11.2. The van der Waals surface area contributed by atoms with Gasteiger partial charge in [-0.2, -0.15) is 0 Å². The molecule has 3 aromatic rings. The molecule has 1 aliphatic rings. The number of fused-ring (bicyclic) bond motifs is 2. The summed E-state index contributed by atoms with van der Waals surface area (Å²) in [5, 5.41) is 1.27. The van der Waals surface area contributed by atoms with E-state index in [1.165, 1.54) is 27.6 Å². The molecule has 0 amide bonds. The zero-order valence-electron chi connectivity index (χ0n) is 19.2. The standard InChI is InChI=1S/C26H34N2O2/c1-14(2)19-11-18-8-9-27-22(18)12-21(19)17(7)10-24-29-23-13-20(15(3)4)25(16(5)6)28-26(23)30-24/h8-9,11-17,24,27H,10H2,1-7H3. The molecule has 2 atom stereocenters. The number of nitrogens with zero attached hydrogens (tertiary/aromatic N) is 1. The molecule has 0 spiro atoms. The minimum atomic E-state index is -0.302. The summed E-state index contributed by atoms with van der Waals surface area (Å²) in [5.74, 6) is 2.96. The fraction of sp³-hybridized carbons (Fsp3) is 0.500. The fourth-order valence-corrected chi connectivity index (χ4v) is 4.46. The number of H-pyrrole nitrogens is 1. The van der Waals surface area contributed by atoms with Gasteiger partial charge in [0.1, 0.15) is 0 Å². The fourth-order valence-electron chi connectivity index (χ4n) is 4.46. The third-order valence-corrected chi connectivity index (χ3v) is 6.14. The zero-order valence-corrected chi connectivity index (χ0v) is 19.2. The maximum absolute atomic E-state index is 6.20. The lowest BCUT2D eigenvalue weighted by atomic mass is 9.87. The van der Waals surface area contributed by atoms with E-state index < -0.39 is 0 Å². The van der Waals surface area contributed by atoms with Crippen LogP contribution in [0.3, 0.4) is 0 Å². The van der Waals surface area contributed by atoms with Gasteiger partial charge >= 0.3 is 0 Å². The van der Waals surface area contributed by atoms with Gasteiger partial charge in [-0.25, -0.2) is 4.98 Å². The SMILES string of the molecule is CC(C)c1cc2cc[nH]c2cc1C(C)CC1Oc2cc(C(C)C)c(C(C)C)nc2O1. The third-order valence-electron chi connectivity index (χ3n) is 6.14. The molecule has 4 nitrogen and oxygen atoms in total. The molecule has 0 aliphatic carbocycles. The molecule has 4 heteroatoms. The van der Waals surface area contributed by atoms with Gasteiger partial charge in [0.05, 0.1) is 5.69 Å². The Kier molecular flexibility index (Phi) is 5.52. The first kappa shape index (κ1) is 20.8. The number of nitrogens with one attached hydrogen (secondary N) is 1. The Morgan fingerprint density at radius 2 is 1.60 bits per heavy atom. The number of aromatic amines is 1. The molecule has 0 saturated carbocycles. The van der Waals surface area contributed by atoms with E-state index in [4.69, 9.17) is 14.5 Å². The van der Waals surface area contributed by atoms with Crippen LogP contribution >= 0.6 is 0 Å². The number of hydrogen-bond donors (Lipinski definition) is 1. The Labute approximate surface area is 180 Å². The summed E-state index contributed by atoms with van der Waals surface area (Å²) in [6.07, 6.45) is 2.49. The van der Waals surface area contributed by atoms with Crippen molar-refractivity contribution in [2.24, 2.45) is 0 Å². The molecular formula is C26H34N2O2. The van der Waals surface area contributed by atoms with E-state index in [-0.39, 0.29) is 6.29 Å². The molecule has 2 aromatic heterocycles. The molecule has 0 radical (unpaired) electrons. The summed E-state index contributed by atoms with van der Waals surface area (Å²) >= 11 is 0. The Balaban J connectivity index is 1.58. The number of aromatic nitrogens is 2. The molecule has 3 heterocycles. The van der Waals surface area contributed by atoms with Crippen LogP contribution in [0.1, 0.15) is 101 Å². The van der Waals surface area contributed by atoms with E-state index in [1.54, 1.807) is 0 Å². The second-order valence-electron chi connectivity index (χ2n) is 9.58. The summed E-state index contributed by atoms with van der Waals surface area (Å²) in [6.45, 7) is 15.5. The van der Waals surface area contributed by atoms with Gasteiger partial charge in [0, 0.05) is 18.1 Å². The van der Waals surface area contributed by atoms with E-state index in [1.807, 2.05) is 6.20 Å². The molecular weight excluding hydrogens is 372 g/mol. The van der Waals surface area contributed by atoms with Gasteiger partial charge in [0.25, 0.3) is 5.88 Å². The molecule has 1 aliphatic heterocycles. The van der Waals surface area contributed by atoms with Crippen LogP contribution in [0, 0.1) is 0 Å². The number of rotatable bonds is 6. The van der Waals surface area contributed by atoms with Gasteiger partial charge in [-0.1, -0.05) is 48.5 Å². The van der Waals surface area contributed by atoms with Crippen LogP contribution in [-0.4, -0.2) is 16.3 Å². The molecule has 1 aromatic carbocycles. The number of ether oxygens (including phenoxy) is 2. The summed E-state index contributed by atoms with van der Waals surface area (Å²) in [7, 11) is 0. The summed E-state index contributed by atoms with van der Waals surface area (Å²) in [5.41, 5.74) is 6.30. The minimum absolute atomic E-state index is 0.302. The van der Waals surface area contributed by atoms with Crippen molar-refractivity contribution < 1.29 is 9.47 Å². The van der Waals surface area contributed by atoms with Crippen LogP contribution in [0.25, 0.3) is 10.9 Å². The van der Waals surface area contributed by atoms with Gasteiger partial charge < -0.3 is 14.5 Å². The highest BCUT2D eigenvalue weighted by Gasteiger charge is 2.30. The zero-order chi connectivity index (χ0) is 21.6. The second-order valence-corrected chi connectivity index (χ2v) is 9.58. The number of hydrogen-bond acceptors (Lipinski definition) is 3. The van der Waals surface area contributed by atoms with Crippen molar-refractivity contribution in [3.63, 3.8) is 0 Å². The predicted octanol–water partition coefficient (Wildman–Crippen LogP) is 7.22. The van der Waals surface area contributed by atoms with Crippen molar-refractivity contribution in [3.8, 4) is 11.6 Å². The Morgan fingerprint density at radius 3 is 2.27 bits per heavy atom. The summed E-state index contributed by atoms with van der Waals surface area (Å²) in [6, 6.07) is 8.89. The maximum atomic E-state index is 6.20. The van der Waals surface area contributed by atoms with E-state index in [0.717, 1.165) is 17.9 Å². The highest BCUT2D eigenvalue weighted by molar-refractivity contribution is 5.81. The van der Waals surface area contributed by atoms with Crippen molar-refractivity contribution in [1.82, 2.24) is 9.97 Å². The Bertz CT molecular complexity index is 1010. The van der Waals surface area contributed by atoms with Gasteiger partial charge in [0.2, 0.25) is 6.29 Å². The van der Waals surface area contributed by atoms with Gasteiger partial charge in [-0.15, -0.1) is 0 Å². The van der Waals surface area contributed by atoms with E-state index in [2.05, 4.69) is 77.7 Å². The number of pyridine rings is 1. The van der Waals surface area contributed by atoms with Gasteiger partial charge in [0.15, 0.2) is 5.75 Å². The van der Waals surface area contributed by atoms with Crippen LogP contribution in [0.15, 0.2) is 30.5 Å². The van der Waals surface area contributed by atoms with Crippen molar-refractivity contribution in [3.05, 3.63) is 52.8 Å². The van der Waals surface area contributed by atoms with Crippen LogP contribution in [0.5, 0.6) is 11.6 Å². The molecule has 160 valence electrons. The lowest BCUT2D eigenvalue weighted by Gasteiger charge is -2.21. The Hall–Kier alpha value is -2.49. The highest BCUT2D eigenvalue weighted by atomic mass is 16.7. The van der Waals surface area contributed by atoms with E-state index in [0.29, 0.717) is 29.6 Å². The topological polar surface area (TPSA) is 47.1 Å². The molecule has 4 rings (SSSR count). The summed E-state index contributed by atoms with van der Waals surface area (Å²) < 4.78 is 12.4. The van der Waals surface area contributed by atoms with Crippen LogP contribution < -0.4 is 9.47 Å². The molecule has 30 heavy (non-hydrogen) atoms. The molecule has 0 saturated heterocycles. The van der Waals surface area contributed by atoms with Crippen LogP contribution in [0.4, 0.5) is 0 Å². The van der Waals surface area contributed by atoms with Crippen molar-refractivity contribution >= 4 is 10.9 Å². The second kappa shape index (κ2) is 7.98. The monoisotopic (exact) mass is 406 g/mol. The minimum Gasteiger partial charge on any atom is -0.449 e. The summed E-state index contributed by atoms with van der Waals surface area (Å²) in [4.78, 5) is 8.18. The smallest absolute Gasteiger partial charge is 0.260 e. The first-order chi connectivity index (χ1) is 14.2. The molecule has 0 fully saturated rings. The number of benzene rings is 1. The van der Waals surface area contributed by atoms with E-state index >= 15 is 0 Å². The normalized spacial score (nSPS) is 16.9. The van der Waals surface area contributed by atoms with Crippen molar-refractivity contribution in [1.29, 1.82) is 0 Å². The largest absolute Gasteiger partial charge is 0.449 e. The first-order valence-corrected chi connectivity index (χ1v) is 11.2. The lowest BCUT2D eigenvalue weighted by Crippen LogP contribution is -2.21. The average Bonchev–Trinajstić information content (AvgIpc) is 3.30. The van der Waals surface area contributed by atoms with E-state index in [9.17, 15) is 0 Å². The van der Waals surface area contributed by atoms with Crippen LogP contribution in [0.2, 0.25) is 0 Å². The van der Waals surface area contributed by atoms with Crippen molar-refractivity contribution in [2.45, 2.75) is 84.8 Å². The van der Waals surface area contributed by atoms with Gasteiger partial charge in [-0.3, -0.25) is 0 Å². The van der Waals surface area contributed by atoms with Gasteiger partial charge in [-0.05, 0) is 70.0 Å². The third kappa shape index (κ3) is 3.80. The van der Waals surface area contributed by atoms with Crippen LogP contribution in [-0.2, 0) is 0 Å². The lowest BCUT2D eigenvalue weighted by molar-refractivity contribution is 0.0346. The predicted molar refractivity (Wildman–Crippen MR) is 123 cm³/mol.